The molecular formula is C7H9ClN2S2. The van der Waals surface area contributed by atoms with Crippen LogP contribution in [0.5, 0.6) is 0 Å². The molecule has 1 fully saturated rings. The lowest BCUT2D eigenvalue weighted by Crippen LogP contribution is -1.82. The summed E-state index contributed by atoms with van der Waals surface area (Å²) in [7, 11) is 0. The van der Waals surface area contributed by atoms with Crippen LogP contribution in [0.2, 0.25) is 0 Å². The van der Waals surface area contributed by atoms with Gasteiger partial charge in [0.25, 0.3) is 0 Å². The van der Waals surface area contributed by atoms with Crippen molar-refractivity contribution in [3.63, 3.8) is 0 Å². The third-order valence-corrected chi connectivity index (χ3v) is 3.93. The van der Waals surface area contributed by atoms with Gasteiger partial charge in [0.05, 0.1) is 0 Å². The molecule has 66 valence electrons. The molecule has 0 radical (unpaired) electrons. The first-order valence-electron chi connectivity index (χ1n) is 3.92. The van der Waals surface area contributed by atoms with E-state index in [-0.39, 0.29) is 0 Å². The Morgan fingerprint density at radius 1 is 1.58 bits per heavy atom. The highest BCUT2D eigenvalue weighted by Crippen LogP contribution is 2.39. The van der Waals surface area contributed by atoms with E-state index in [0.717, 1.165) is 15.9 Å². The minimum Gasteiger partial charge on any atom is -0.213 e. The summed E-state index contributed by atoms with van der Waals surface area (Å²) in [6.07, 6.45) is 2.55. The second-order valence-electron chi connectivity index (χ2n) is 2.73. The third kappa shape index (κ3) is 2.12. The average molecular weight is 221 g/mol. The van der Waals surface area contributed by atoms with Gasteiger partial charge in [-0.05, 0) is 24.4 Å². The van der Waals surface area contributed by atoms with E-state index in [2.05, 4.69) is 9.36 Å². The molecule has 1 aromatic rings. The zero-order valence-corrected chi connectivity index (χ0v) is 8.88. The molecule has 1 aliphatic carbocycles. The number of hydrogen-bond donors (Lipinski definition) is 0. The first-order chi connectivity index (χ1) is 5.90. The summed E-state index contributed by atoms with van der Waals surface area (Å²) in [5.74, 6) is 3.34. The molecular weight excluding hydrogens is 212 g/mol. The molecule has 0 amide bonds. The number of nitrogens with zero attached hydrogens (tertiary/aromatic N) is 2. The smallest absolute Gasteiger partial charge is 0.170 e. The van der Waals surface area contributed by atoms with Gasteiger partial charge in [0.15, 0.2) is 4.34 Å². The van der Waals surface area contributed by atoms with Gasteiger partial charge in [0.2, 0.25) is 0 Å². The number of alkyl halides is 1. The molecule has 2 rings (SSSR count). The van der Waals surface area contributed by atoms with Gasteiger partial charge in [-0.15, -0.1) is 11.6 Å². The molecule has 0 spiro atoms. The summed E-state index contributed by atoms with van der Waals surface area (Å²) in [6, 6.07) is 0. The van der Waals surface area contributed by atoms with E-state index in [0.29, 0.717) is 11.8 Å². The maximum Gasteiger partial charge on any atom is 0.170 e. The lowest BCUT2D eigenvalue weighted by atomic mass is 10.4. The number of thioether (sulfide) groups is 1. The van der Waals surface area contributed by atoms with Crippen molar-refractivity contribution in [1.29, 1.82) is 0 Å². The van der Waals surface area contributed by atoms with Gasteiger partial charge in [-0.3, -0.25) is 0 Å². The first kappa shape index (κ1) is 8.78. The van der Waals surface area contributed by atoms with Crippen molar-refractivity contribution < 1.29 is 0 Å². The summed E-state index contributed by atoms with van der Waals surface area (Å²) < 4.78 is 5.36. The Morgan fingerprint density at radius 2 is 2.42 bits per heavy atom. The molecule has 0 aromatic carbocycles. The van der Waals surface area contributed by atoms with Crippen molar-refractivity contribution >= 4 is 34.9 Å². The summed E-state index contributed by atoms with van der Waals surface area (Å²) in [5.41, 5.74) is 0. The van der Waals surface area contributed by atoms with Gasteiger partial charge < -0.3 is 0 Å². The Hall–Kier alpha value is 0.200. The second kappa shape index (κ2) is 3.94. The van der Waals surface area contributed by atoms with E-state index >= 15 is 0 Å². The van der Waals surface area contributed by atoms with Gasteiger partial charge >= 0.3 is 0 Å². The van der Waals surface area contributed by atoms with Gasteiger partial charge in [0, 0.05) is 17.6 Å². The zero-order chi connectivity index (χ0) is 8.39. The van der Waals surface area contributed by atoms with Gasteiger partial charge in [-0.25, -0.2) is 4.98 Å². The van der Waals surface area contributed by atoms with Crippen molar-refractivity contribution in [3.8, 4) is 0 Å². The Kier molecular flexibility index (Phi) is 2.88. The standard InChI is InChI=1S/C7H9ClN2S2/c8-3-4-11-7-9-6(10-12-7)5-1-2-5/h5H,1-4H2. The normalized spacial score (nSPS) is 16.8. The summed E-state index contributed by atoms with van der Waals surface area (Å²) in [6.45, 7) is 0. The fraction of sp³-hybridized carbons (Fsp3) is 0.714. The van der Waals surface area contributed by atoms with Crippen LogP contribution in [0.4, 0.5) is 0 Å². The monoisotopic (exact) mass is 220 g/mol. The average Bonchev–Trinajstić information content (AvgIpc) is 2.83. The highest BCUT2D eigenvalue weighted by molar-refractivity contribution is 8.01. The fourth-order valence-corrected chi connectivity index (χ4v) is 2.62. The van der Waals surface area contributed by atoms with Crippen molar-refractivity contribution in [2.75, 3.05) is 11.6 Å². The molecule has 1 heterocycles. The Morgan fingerprint density at radius 3 is 3.08 bits per heavy atom. The van der Waals surface area contributed by atoms with Crippen LogP contribution in [-0.4, -0.2) is 21.0 Å². The van der Waals surface area contributed by atoms with E-state index in [1.807, 2.05) is 0 Å². The highest BCUT2D eigenvalue weighted by Gasteiger charge is 2.27. The van der Waals surface area contributed by atoms with Crippen LogP contribution >= 0.6 is 34.9 Å². The van der Waals surface area contributed by atoms with E-state index < -0.39 is 0 Å². The van der Waals surface area contributed by atoms with Crippen molar-refractivity contribution in [3.05, 3.63) is 5.82 Å². The molecule has 0 unspecified atom stereocenters. The Bertz CT molecular complexity index is 260. The zero-order valence-electron chi connectivity index (χ0n) is 6.49. The predicted octanol–water partition coefficient (Wildman–Crippen LogP) is 2.75. The number of hydrogen-bond acceptors (Lipinski definition) is 4. The van der Waals surface area contributed by atoms with Crippen molar-refractivity contribution in [2.45, 2.75) is 23.1 Å². The predicted molar refractivity (Wildman–Crippen MR) is 53.3 cm³/mol. The summed E-state index contributed by atoms with van der Waals surface area (Å²) >= 11 is 8.77. The van der Waals surface area contributed by atoms with Crippen molar-refractivity contribution in [1.82, 2.24) is 9.36 Å². The molecule has 0 bridgehead atoms. The van der Waals surface area contributed by atoms with Crippen LogP contribution in [0.3, 0.4) is 0 Å². The molecule has 0 saturated heterocycles. The topological polar surface area (TPSA) is 25.8 Å². The van der Waals surface area contributed by atoms with Crippen LogP contribution in [0.25, 0.3) is 0 Å². The third-order valence-electron chi connectivity index (χ3n) is 1.67. The number of halogens is 1. The molecule has 1 saturated carbocycles. The van der Waals surface area contributed by atoms with Crippen LogP contribution in [0, 0.1) is 0 Å². The van der Waals surface area contributed by atoms with E-state index in [9.17, 15) is 0 Å². The van der Waals surface area contributed by atoms with Gasteiger partial charge in [-0.1, -0.05) is 11.8 Å². The van der Waals surface area contributed by atoms with Gasteiger partial charge in [0.1, 0.15) is 5.82 Å². The molecule has 1 aliphatic rings. The van der Waals surface area contributed by atoms with E-state index in [4.69, 9.17) is 11.6 Å². The molecule has 0 atom stereocenters. The van der Waals surface area contributed by atoms with Gasteiger partial charge in [-0.2, -0.15) is 4.37 Å². The lowest BCUT2D eigenvalue weighted by molar-refractivity contribution is 0.959. The molecule has 2 nitrogen and oxygen atoms in total. The van der Waals surface area contributed by atoms with Crippen LogP contribution < -0.4 is 0 Å². The lowest BCUT2D eigenvalue weighted by Gasteiger charge is -1.88. The summed E-state index contributed by atoms with van der Waals surface area (Å²) in [5, 5.41) is 0. The van der Waals surface area contributed by atoms with Crippen LogP contribution in [0.15, 0.2) is 4.34 Å². The van der Waals surface area contributed by atoms with Crippen LogP contribution in [0.1, 0.15) is 24.6 Å². The molecule has 1 aromatic heterocycles. The number of aromatic nitrogens is 2. The second-order valence-corrected chi connectivity index (χ2v) is 5.20. The molecule has 5 heteroatoms. The molecule has 12 heavy (non-hydrogen) atoms. The maximum absolute atomic E-state index is 5.57. The highest BCUT2D eigenvalue weighted by atomic mass is 35.5. The van der Waals surface area contributed by atoms with Crippen LogP contribution in [-0.2, 0) is 0 Å². The quantitative estimate of drug-likeness (QED) is 0.577. The summed E-state index contributed by atoms with van der Waals surface area (Å²) in [4.78, 5) is 4.42. The largest absolute Gasteiger partial charge is 0.213 e. The minimum absolute atomic E-state index is 0.673. The molecule has 0 aliphatic heterocycles. The Labute approximate surface area is 84.9 Å². The Balaban J connectivity index is 1.93. The van der Waals surface area contributed by atoms with E-state index in [1.54, 1.807) is 11.8 Å². The minimum atomic E-state index is 0.673. The van der Waals surface area contributed by atoms with Crippen molar-refractivity contribution in [2.24, 2.45) is 0 Å². The molecule has 0 N–H and O–H groups in total. The first-order valence-corrected chi connectivity index (χ1v) is 6.22. The number of rotatable bonds is 4. The maximum atomic E-state index is 5.57. The van der Waals surface area contributed by atoms with E-state index in [1.165, 1.54) is 24.4 Å². The SMILES string of the molecule is ClCCSc1nc(C2CC2)ns1. The fourth-order valence-electron chi connectivity index (χ4n) is 0.912.